The lowest BCUT2D eigenvalue weighted by Gasteiger charge is -2.36. The fourth-order valence-corrected chi connectivity index (χ4v) is 5.20. The Labute approximate surface area is 209 Å². The normalized spacial score (nSPS) is 19.2. The van der Waals surface area contributed by atoms with Gasteiger partial charge in [0.1, 0.15) is 5.52 Å². The molecule has 4 heterocycles. The fraction of sp³-hybridized carbons (Fsp3) is 0.481. The predicted molar refractivity (Wildman–Crippen MR) is 130 cm³/mol. The molecular weight excluding hydrogens is 460 g/mol. The van der Waals surface area contributed by atoms with Crippen LogP contribution in [0, 0.1) is 5.92 Å². The van der Waals surface area contributed by atoms with E-state index in [4.69, 9.17) is 8.83 Å². The van der Waals surface area contributed by atoms with Crippen LogP contribution in [0.15, 0.2) is 45.4 Å². The second kappa shape index (κ2) is 9.44. The lowest BCUT2D eigenvalue weighted by molar-refractivity contribution is -0.134. The molecule has 0 spiro atoms. The van der Waals surface area contributed by atoms with Crippen molar-refractivity contribution in [3.63, 3.8) is 0 Å². The van der Waals surface area contributed by atoms with E-state index in [1.807, 2.05) is 28.0 Å². The fourth-order valence-electron chi connectivity index (χ4n) is 5.20. The van der Waals surface area contributed by atoms with Crippen LogP contribution in [0.25, 0.3) is 11.1 Å². The van der Waals surface area contributed by atoms with E-state index in [2.05, 4.69) is 4.98 Å². The third-order valence-corrected chi connectivity index (χ3v) is 7.59. The molecule has 0 radical (unpaired) electrons. The van der Waals surface area contributed by atoms with Gasteiger partial charge in [0.05, 0.1) is 6.26 Å². The number of rotatable bonds is 5. The van der Waals surface area contributed by atoms with E-state index in [0.29, 0.717) is 62.9 Å². The van der Waals surface area contributed by atoms with Crippen LogP contribution < -0.4 is 0 Å². The first-order chi connectivity index (χ1) is 17.5. The van der Waals surface area contributed by atoms with Gasteiger partial charge in [-0.2, -0.15) is 0 Å². The number of benzene rings is 1. The highest BCUT2D eigenvalue weighted by Crippen LogP contribution is 2.40. The number of piperazine rings is 1. The van der Waals surface area contributed by atoms with Crippen LogP contribution in [0.1, 0.15) is 64.8 Å². The summed E-state index contributed by atoms with van der Waals surface area (Å²) < 4.78 is 11.0. The second-order valence-corrected chi connectivity index (χ2v) is 10.1. The number of nitrogens with zero attached hydrogens (tertiary/aromatic N) is 4. The SMILES string of the molecule is O=C(CC1CCN(C(=O)c2ccc3oc(C4CC4)nc3c2)CC1)N1CCN(C(=O)c2ccco2)CC1. The van der Waals surface area contributed by atoms with Crippen molar-refractivity contribution >= 4 is 28.8 Å². The number of oxazole rings is 1. The van der Waals surface area contributed by atoms with Gasteiger partial charge in [0, 0.05) is 57.2 Å². The first-order valence-corrected chi connectivity index (χ1v) is 12.9. The number of piperidine rings is 1. The molecule has 6 rings (SSSR count). The number of fused-ring (bicyclic) bond motifs is 1. The molecule has 1 saturated carbocycles. The number of hydrogen-bond acceptors (Lipinski definition) is 6. The third-order valence-electron chi connectivity index (χ3n) is 7.59. The highest BCUT2D eigenvalue weighted by Gasteiger charge is 2.31. The Morgan fingerprint density at radius 1 is 0.861 bits per heavy atom. The Kier molecular flexibility index (Phi) is 5.99. The van der Waals surface area contributed by atoms with Gasteiger partial charge in [0.2, 0.25) is 5.91 Å². The molecule has 2 aromatic heterocycles. The molecule has 0 unspecified atom stereocenters. The quantitative estimate of drug-likeness (QED) is 0.543. The van der Waals surface area contributed by atoms with E-state index in [1.165, 1.54) is 6.26 Å². The van der Waals surface area contributed by atoms with Gasteiger partial charge in [-0.3, -0.25) is 14.4 Å². The lowest BCUT2D eigenvalue weighted by atomic mass is 9.92. The van der Waals surface area contributed by atoms with Crippen molar-refractivity contribution < 1.29 is 23.2 Å². The van der Waals surface area contributed by atoms with Crippen molar-refractivity contribution in [3.05, 3.63) is 53.8 Å². The van der Waals surface area contributed by atoms with Crippen LogP contribution in [0.3, 0.4) is 0 Å². The number of amides is 3. The topological polar surface area (TPSA) is 100 Å². The van der Waals surface area contributed by atoms with Crippen LogP contribution in [-0.4, -0.2) is 76.7 Å². The van der Waals surface area contributed by atoms with E-state index >= 15 is 0 Å². The maximum atomic E-state index is 13.1. The number of hydrogen-bond donors (Lipinski definition) is 0. The molecule has 2 saturated heterocycles. The largest absolute Gasteiger partial charge is 0.459 e. The number of furan rings is 1. The van der Waals surface area contributed by atoms with Crippen molar-refractivity contribution in [2.45, 2.75) is 38.0 Å². The average Bonchev–Trinajstić information content (AvgIpc) is 3.44. The lowest BCUT2D eigenvalue weighted by Crippen LogP contribution is -2.51. The minimum atomic E-state index is -0.129. The molecule has 1 aliphatic carbocycles. The number of aromatic nitrogens is 1. The molecule has 2 aliphatic heterocycles. The summed E-state index contributed by atoms with van der Waals surface area (Å²) in [5, 5.41) is 0. The van der Waals surface area contributed by atoms with E-state index in [9.17, 15) is 14.4 Å². The summed E-state index contributed by atoms with van der Waals surface area (Å²) in [5.41, 5.74) is 2.11. The first kappa shape index (κ1) is 22.8. The Morgan fingerprint density at radius 2 is 1.58 bits per heavy atom. The standard InChI is InChI=1S/C27H30N4O5/c32-24(29-11-13-31(14-12-29)27(34)23-2-1-15-35-23)16-18-7-9-30(10-8-18)26(33)20-5-6-22-21(17-20)28-25(36-22)19-3-4-19/h1-2,5-6,15,17-19H,3-4,7-14,16H2. The van der Waals surface area contributed by atoms with Crippen molar-refractivity contribution in [2.75, 3.05) is 39.3 Å². The molecule has 36 heavy (non-hydrogen) atoms. The van der Waals surface area contributed by atoms with Gasteiger partial charge < -0.3 is 23.5 Å². The molecule has 3 aromatic rings. The second-order valence-electron chi connectivity index (χ2n) is 10.1. The molecule has 0 bridgehead atoms. The Morgan fingerprint density at radius 3 is 2.28 bits per heavy atom. The number of carbonyl (C=O) groups is 3. The van der Waals surface area contributed by atoms with Gasteiger partial charge in [0.25, 0.3) is 11.8 Å². The molecule has 0 atom stereocenters. The minimum absolute atomic E-state index is 0.00925. The van der Waals surface area contributed by atoms with Gasteiger partial charge in [-0.05, 0) is 61.9 Å². The maximum Gasteiger partial charge on any atom is 0.289 e. The zero-order valence-corrected chi connectivity index (χ0v) is 20.2. The van der Waals surface area contributed by atoms with Gasteiger partial charge in [-0.15, -0.1) is 0 Å². The van der Waals surface area contributed by atoms with Crippen molar-refractivity contribution in [2.24, 2.45) is 5.92 Å². The predicted octanol–water partition coefficient (Wildman–Crippen LogP) is 3.53. The van der Waals surface area contributed by atoms with Crippen LogP contribution in [0.4, 0.5) is 0 Å². The van der Waals surface area contributed by atoms with Crippen LogP contribution >= 0.6 is 0 Å². The van der Waals surface area contributed by atoms with E-state index in [1.54, 1.807) is 17.0 Å². The summed E-state index contributed by atoms with van der Waals surface area (Å²) >= 11 is 0. The zero-order valence-electron chi connectivity index (χ0n) is 20.2. The van der Waals surface area contributed by atoms with E-state index in [-0.39, 0.29) is 23.6 Å². The first-order valence-electron chi connectivity index (χ1n) is 12.9. The van der Waals surface area contributed by atoms with Crippen LogP contribution in [-0.2, 0) is 4.79 Å². The highest BCUT2D eigenvalue weighted by molar-refractivity contribution is 5.97. The Bertz CT molecular complexity index is 1260. The molecule has 9 nitrogen and oxygen atoms in total. The van der Waals surface area contributed by atoms with Crippen LogP contribution in [0.2, 0.25) is 0 Å². The van der Waals surface area contributed by atoms with Crippen LogP contribution in [0.5, 0.6) is 0 Å². The van der Waals surface area contributed by atoms with Crippen molar-refractivity contribution in [3.8, 4) is 0 Å². The summed E-state index contributed by atoms with van der Waals surface area (Å²) in [7, 11) is 0. The molecule has 9 heteroatoms. The van der Waals surface area contributed by atoms with E-state index < -0.39 is 0 Å². The summed E-state index contributed by atoms with van der Waals surface area (Å²) in [4.78, 5) is 48.5. The Balaban J connectivity index is 0.979. The van der Waals surface area contributed by atoms with Gasteiger partial charge in [-0.25, -0.2) is 4.98 Å². The minimum Gasteiger partial charge on any atom is -0.459 e. The van der Waals surface area contributed by atoms with Crippen molar-refractivity contribution in [1.29, 1.82) is 0 Å². The molecule has 188 valence electrons. The molecule has 3 fully saturated rings. The molecule has 0 N–H and O–H groups in total. The molecule has 3 aliphatic rings. The Hall–Kier alpha value is -3.62. The van der Waals surface area contributed by atoms with Gasteiger partial charge >= 0.3 is 0 Å². The summed E-state index contributed by atoms with van der Waals surface area (Å²) in [6.07, 6.45) is 5.85. The maximum absolute atomic E-state index is 13.1. The molecule has 1 aromatic carbocycles. The third kappa shape index (κ3) is 4.62. The summed E-state index contributed by atoms with van der Waals surface area (Å²) in [6, 6.07) is 8.85. The summed E-state index contributed by atoms with van der Waals surface area (Å²) in [5.74, 6) is 1.83. The van der Waals surface area contributed by atoms with Gasteiger partial charge in [0.15, 0.2) is 17.2 Å². The summed E-state index contributed by atoms with van der Waals surface area (Å²) in [6.45, 7) is 3.39. The average molecular weight is 491 g/mol. The zero-order chi connectivity index (χ0) is 24.6. The molecule has 3 amide bonds. The van der Waals surface area contributed by atoms with Crippen molar-refractivity contribution in [1.82, 2.24) is 19.7 Å². The number of carbonyl (C=O) groups excluding carboxylic acids is 3. The monoisotopic (exact) mass is 490 g/mol. The smallest absolute Gasteiger partial charge is 0.289 e. The van der Waals surface area contributed by atoms with E-state index in [0.717, 1.165) is 42.7 Å². The highest BCUT2D eigenvalue weighted by atomic mass is 16.4. The van der Waals surface area contributed by atoms with Gasteiger partial charge in [-0.1, -0.05) is 0 Å². The number of likely N-dealkylation sites (tertiary alicyclic amines) is 1. The molecular formula is C27H30N4O5.